The predicted molar refractivity (Wildman–Crippen MR) is 44.0 cm³/mol. The number of hydrogen-bond acceptors (Lipinski definition) is 2. The molecule has 0 aromatic heterocycles. The molecule has 0 bridgehead atoms. The molecular formula is C8H10OS. The molecule has 2 aliphatic rings. The topological polar surface area (TPSA) is 20.2 Å². The van der Waals surface area contributed by atoms with Gasteiger partial charge in [0.05, 0.1) is 6.10 Å². The molecule has 0 saturated carbocycles. The van der Waals surface area contributed by atoms with Crippen LogP contribution in [0.15, 0.2) is 24.3 Å². The molecule has 0 aromatic rings. The van der Waals surface area contributed by atoms with Crippen molar-refractivity contribution >= 4 is 11.8 Å². The Labute approximate surface area is 64.8 Å². The maximum absolute atomic E-state index is 9.43. The fourth-order valence-corrected chi connectivity index (χ4v) is 2.04. The Kier molecular flexibility index (Phi) is 1.58. The van der Waals surface area contributed by atoms with E-state index in [1.165, 1.54) is 5.75 Å². The van der Waals surface area contributed by atoms with E-state index in [1.807, 2.05) is 30.0 Å². The lowest BCUT2D eigenvalue weighted by atomic mass is 9.95. The first-order valence-electron chi connectivity index (χ1n) is 3.52. The second-order valence-electron chi connectivity index (χ2n) is 2.71. The first-order valence-corrected chi connectivity index (χ1v) is 4.57. The summed E-state index contributed by atoms with van der Waals surface area (Å²) < 4.78 is 0. The van der Waals surface area contributed by atoms with E-state index in [0.717, 1.165) is 0 Å². The van der Waals surface area contributed by atoms with E-state index in [4.69, 9.17) is 0 Å². The molecule has 1 aliphatic carbocycles. The van der Waals surface area contributed by atoms with Gasteiger partial charge in [-0.1, -0.05) is 24.3 Å². The Balaban J connectivity index is 2.06. The van der Waals surface area contributed by atoms with Gasteiger partial charge in [-0.2, -0.15) is 11.8 Å². The fraction of sp³-hybridized carbons (Fsp3) is 0.500. The van der Waals surface area contributed by atoms with Gasteiger partial charge in [-0.15, -0.1) is 0 Å². The van der Waals surface area contributed by atoms with Crippen molar-refractivity contribution in [2.45, 2.75) is 11.4 Å². The van der Waals surface area contributed by atoms with Gasteiger partial charge in [0.15, 0.2) is 0 Å². The van der Waals surface area contributed by atoms with Gasteiger partial charge < -0.3 is 5.11 Å². The van der Waals surface area contributed by atoms with Crippen molar-refractivity contribution in [1.82, 2.24) is 0 Å². The normalized spacial score (nSPS) is 43.9. The highest BCUT2D eigenvalue weighted by molar-refractivity contribution is 8.06. The van der Waals surface area contributed by atoms with E-state index in [1.54, 1.807) is 0 Å². The van der Waals surface area contributed by atoms with Gasteiger partial charge in [0.25, 0.3) is 0 Å². The van der Waals surface area contributed by atoms with Crippen molar-refractivity contribution in [3.8, 4) is 0 Å². The van der Waals surface area contributed by atoms with Crippen molar-refractivity contribution in [3.05, 3.63) is 24.3 Å². The van der Waals surface area contributed by atoms with Crippen LogP contribution in [0.1, 0.15) is 0 Å². The third-order valence-electron chi connectivity index (χ3n) is 1.94. The predicted octanol–water partition coefficient (Wildman–Crippen LogP) is 1.20. The quantitative estimate of drug-likeness (QED) is 0.573. The highest BCUT2D eigenvalue weighted by Gasteiger charge is 2.34. The van der Waals surface area contributed by atoms with Crippen LogP contribution in [0, 0.1) is 5.92 Å². The lowest BCUT2D eigenvalue weighted by Gasteiger charge is -2.17. The minimum absolute atomic E-state index is 0.231. The molecule has 1 heterocycles. The summed E-state index contributed by atoms with van der Waals surface area (Å²) in [4.78, 5) is 0. The number of thioether (sulfide) groups is 1. The smallest absolute Gasteiger partial charge is 0.0797 e. The van der Waals surface area contributed by atoms with E-state index >= 15 is 0 Å². The summed E-state index contributed by atoms with van der Waals surface area (Å²) in [5.41, 5.74) is 0. The van der Waals surface area contributed by atoms with E-state index in [-0.39, 0.29) is 6.10 Å². The minimum atomic E-state index is -0.231. The lowest BCUT2D eigenvalue weighted by Crippen LogP contribution is -2.21. The van der Waals surface area contributed by atoms with Crippen LogP contribution in [0.2, 0.25) is 0 Å². The zero-order valence-electron chi connectivity index (χ0n) is 5.60. The van der Waals surface area contributed by atoms with Gasteiger partial charge in [-0.05, 0) is 0 Å². The summed E-state index contributed by atoms with van der Waals surface area (Å²) in [6.07, 6.45) is 7.67. The molecule has 1 saturated heterocycles. The Bertz CT molecular complexity index is 182. The molecule has 1 aliphatic heterocycles. The zero-order valence-corrected chi connectivity index (χ0v) is 6.42. The molecular weight excluding hydrogens is 144 g/mol. The Morgan fingerprint density at radius 1 is 1.30 bits per heavy atom. The molecule has 3 atom stereocenters. The van der Waals surface area contributed by atoms with Gasteiger partial charge in [-0.25, -0.2) is 0 Å². The number of allylic oxidation sites excluding steroid dienone is 2. The standard InChI is InChI=1S/C8H10OS/c9-7-4-2-1-3-6(7)8-5-10-8/h1-4,6-9H,5H2/t6?,7-,8?/m1/s1. The Morgan fingerprint density at radius 2 is 2.00 bits per heavy atom. The SMILES string of the molecule is O[C@@H]1C=CC=CC1C1CS1. The number of rotatable bonds is 1. The molecule has 1 nitrogen and oxygen atoms in total. The second kappa shape index (κ2) is 2.44. The van der Waals surface area contributed by atoms with Crippen LogP contribution < -0.4 is 0 Å². The Morgan fingerprint density at radius 3 is 2.60 bits per heavy atom. The fourth-order valence-electron chi connectivity index (χ4n) is 1.23. The number of hydrogen-bond donors (Lipinski definition) is 1. The van der Waals surface area contributed by atoms with Crippen LogP contribution in [-0.2, 0) is 0 Å². The molecule has 0 amide bonds. The third kappa shape index (κ3) is 1.13. The molecule has 1 N–H and O–H groups in total. The zero-order chi connectivity index (χ0) is 6.97. The summed E-state index contributed by atoms with van der Waals surface area (Å²) in [7, 11) is 0. The molecule has 54 valence electrons. The summed E-state index contributed by atoms with van der Waals surface area (Å²) >= 11 is 1.93. The van der Waals surface area contributed by atoms with Gasteiger partial charge in [0, 0.05) is 16.9 Å². The van der Waals surface area contributed by atoms with E-state index in [2.05, 4.69) is 6.08 Å². The van der Waals surface area contributed by atoms with Crippen molar-refractivity contribution < 1.29 is 5.11 Å². The van der Waals surface area contributed by atoms with Gasteiger partial charge in [-0.3, -0.25) is 0 Å². The molecule has 2 heteroatoms. The van der Waals surface area contributed by atoms with Crippen LogP contribution in [0.5, 0.6) is 0 Å². The van der Waals surface area contributed by atoms with Crippen molar-refractivity contribution in [2.75, 3.05) is 5.75 Å². The average molecular weight is 154 g/mol. The number of aliphatic hydroxyl groups excluding tert-OH is 1. The van der Waals surface area contributed by atoms with E-state index < -0.39 is 0 Å². The highest BCUT2D eigenvalue weighted by atomic mass is 32.2. The Hall–Kier alpha value is -0.210. The molecule has 2 rings (SSSR count). The van der Waals surface area contributed by atoms with Gasteiger partial charge >= 0.3 is 0 Å². The molecule has 1 fully saturated rings. The van der Waals surface area contributed by atoms with Crippen molar-refractivity contribution in [3.63, 3.8) is 0 Å². The van der Waals surface area contributed by atoms with Gasteiger partial charge in [0.2, 0.25) is 0 Å². The third-order valence-corrected chi connectivity index (χ3v) is 2.97. The maximum atomic E-state index is 9.43. The molecule has 10 heavy (non-hydrogen) atoms. The van der Waals surface area contributed by atoms with Crippen LogP contribution in [0.25, 0.3) is 0 Å². The molecule has 0 radical (unpaired) electrons. The summed E-state index contributed by atoms with van der Waals surface area (Å²) in [6, 6.07) is 0. The molecule has 0 spiro atoms. The first kappa shape index (κ1) is 6.50. The van der Waals surface area contributed by atoms with E-state index in [9.17, 15) is 5.11 Å². The lowest BCUT2D eigenvalue weighted by molar-refractivity contribution is 0.179. The van der Waals surface area contributed by atoms with E-state index in [0.29, 0.717) is 11.2 Å². The minimum Gasteiger partial charge on any atom is -0.388 e. The molecule has 2 unspecified atom stereocenters. The molecule has 0 aromatic carbocycles. The van der Waals surface area contributed by atoms with Crippen molar-refractivity contribution in [2.24, 2.45) is 5.92 Å². The van der Waals surface area contributed by atoms with Crippen LogP contribution in [0.4, 0.5) is 0 Å². The highest BCUT2D eigenvalue weighted by Crippen LogP contribution is 2.40. The maximum Gasteiger partial charge on any atom is 0.0797 e. The van der Waals surface area contributed by atoms with Crippen LogP contribution >= 0.6 is 11.8 Å². The monoisotopic (exact) mass is 154 g/mol. The number of aliphatic hydroxyl groups is 1. The summed E-state index contributed by atoms with van der Waals surface area (Å²) in [5.74, 6) is 1.61. The van der Waals surface area contributed by atoms with Crippen LogP contribution in [0.3, 0.4) is 0 Å². The first-order chi connectivity index (χ1) is 4.88. The van der Waals surface area contributed by atoms with Crippen LogP contribution in [-0.4, -0.2) is 22.2 Å². The average Bonchev–Trinajstić information content (AvgIpc) is 2.71. The summed E-state index contributed by atoms with van der Waals surface area (Å²) in [5, 5.41) is 10.1. The van der Waals surface area contributed by atoms with Gasteiger partial charge in [0.1, 0.15) is 0 Å². The van der Waals surface area contributed by atoms with Crippen molar-refractivity contribution in [1.29, 1.82) is 0 Å². The summed E-state index contributed by atoms with van der Waals surface area (Å²) in [6.45, 7) is 0. The second-order valence-corrected chi connectivity index (χ2v) is 3.98. The largest absolute Gasteiger partial charge is 0.388 e.